The monoisotopic (exact) mass is 308 g/mol. The Kier molecular flexibility index (Phi) is 7.18. The SMILES string of the molecule is CCNCCN(Cc1ccc(OC)cc1)C(=O)OC(C)(C)C. The molecule has 0 saturated heterocycles. The van der Waals surface area contributed by atoms with Gasteiger partial charge in [-0.3, -0.25) is 0 Å². The van der Waals surface area contributed by atoms with Gasteiger partial charge >= 0.3 is 6.09 Å². The van der Waals surface area contributed by atoms with E-state index in [0.29, 0.717) is 13.1 Å². The number of hydrogen-bond acceptors (Lipinski definition) is 4. The third-order valence-electron chi connectivity index (χ3n) is 2.99. The molecule has 0 bridgehead atoms. The average molecular weight is 308 g/mol. The van der Waals surface area contributed by atoms with Crippen molar-refractivity contribution in [2.75, 3.05) is 26.7 Å². The summed E-state index contributed by atoms with van der Waals surface area (Å²) in [6.07, 6.45) is -0.291. The van der Waals surface area contributed by atoms with Crippen molar-refractivity contribution in [2.45, 2.75) is 39.8 Å². The van der Waals surface area contributed by atoms with Crippen LogP contribution in [0.5, 0.6) is 5.75 Å². The van der Waals surface area contributed by atoms with E-state index in [4.69, 9.17) is 9.47 Å². The van der Waals surface area contributed by atoms with E-state index in [1.54, 1.807) is 12.0 Å². The Hall–Kier alpha value is -1.75. The quantitative estimate of drug-likeness (QED) is 0.787. The van der Waals surface area contributed by atoms with Crippen molar-refractivity contribution in [2.24, 2.45) is 0 Å². The van der Waals surface area contributed by atoms with Crippen molar-refractivity contribution in [3.63, 3.8) is 0 Å². The second kappa shape index (κ2) is 8.63. The number of nitrogens with zero attached hydrogens (tertiary/aromatic N) is 1. The molecule has 0 spiro atoms. The van der Waals surface area contributed by atoms with Crippen LogP contribution in [0.3, 0.4) is 0 Å². The van der Waals surface area contributed by atoms with Crippen LogP contribution in [-0.2, 0) is 11.3 Å². The molecule has 124 valence electrons. The predicted octanol–water partition coefficient (Wildman–Crippen LogP) is 3.04. The van der Waals surface area contributed by atoms with Crippen molar-refractivity contribution < 1.29 is 14.3 Å². The van der Waals surface area contributed by atoms with Gasteiger partial charge in [0, 0.05) is 19.6 Å². The second-order valence-electron chi connectivity index (χ2n) is 6.10. The summed E-state index contributed by atoms with van der Waals surface area (Å²) in [6.45, 7) is 10.4. The zero-order valence-corrected chi connectivity index (χ0v) is 14.3. The first-order valence-corrected chi connectivity index (χ1v) is 7.67. The maximum atomic E-state index is 12.3. The van der Waals surface area contributed by atoms with Crippen LogP contribution in [0.4, 0.5) is 4.79 Å². The molecule has 1 rings (SSSR count). The minimum atomic E-state index is -0.493. The van der Waals surface area contributed by atoms with Crippen molar-refractivity contribution >= 4 is 6.09 Å². The van der Waals surface area contributed by atoms with Gasteiger partial charge in [0.1, 0.15) is 11.4 Å². The Morgan fingerprint density at radius 3 is 2.36 bits per heavy atom. The van der Waals surface area contributed by atoms with Gasteiger partial charge in [-0.25, -0.2) is 4.79 Å². The maximum Gasteiger partial charge on any atom is 0.410 e. The van der Waals surface area contributed by atoms with Crippen molar-refractivity contribution in [3.05, 3.63) is 29.8 Å². The number of nitrogens with one attached hydrogen (secondary N) is 1. The van der Waals surface area contributed by atoms with E-state index in [-0.39, 0.29) is 6.09 Å². The van der Waals surface area contributed by atoms with Crippen LogP contribution < -0.4 is 10.1 Å². The number of carbonyl (C=O) groups is 1. The van der Waals surface area contributed by atoms with Gasteiger partial charge in [0.2, 0.25) is 0 Å². The molecule has 22 heavy (non-hydrogen) atoms. The largest absolute Gasteiger partial charge is 0.497 e. The van der Waals surface area contributed by atoms with Crippen molar-refractivity contribution in [1.29, 1.82) is 0 Å². The third kappa shape index (κ3) is 6.80. The fourth-order valence-corrected chi connectivity index (χ4v) is 1.90. The van der Waals surface area contributed by atoms with Gasteiger partial charge in [-0.15, -0.1) is 0 Å². The number of methoxy groups -OCH3 is 1. The Balaban J connectivity index is 2.73. The molecule has 0 fully saturated rings. The highest BCUT2D eigenvalue weighted by atomic mass is 16.6. The van der Waals surface area contributed by atoms with Crippen LogP contribution >= 0.6 is 0 Å². The molecule has 5 nitrogen and oxygen atoms in total. The summed E-state index contributed by atoms with van der Waals surface area (Å²) in [5.41, 5.74) is 0.552. The van der Waals surface area contributed by atoms with Crippen LogP contribution in [0, 0.1) is 0 Å². The minimum absolute atomic E-state index is 0.291. The van der Waals surface area contributed by atoms with Crippen LogP contribution in [-0.4, -0.2) is 43.3 Å². The predicted molar refractivity (Wildman–Crippen MR) is 88.2 cm³/mol. The molecule has 0 heterocycles. The molecule has 1 N–H and O–H groups in total. The molecule has 1 aromatic rings. The summed E-state index contributed by atoms with van der Waals surface area (Å²) in [4.78, 5) is 14.0. The molecule has 0 unspecified atom stereocenters. The van der Waals surface area contributed by atoms with E-state index in [1.165, 1.54) is 0 Å². The van der Waals surface area contributed by atoms with Gasteiger partial charge in [0.25, 0.3) is 0 Å². The summed E-state index contributed by atoms with van der Waals surface area (Å²) in [7, 11) is 1.64. The first kappa shape index (κ1) is 18.3. The number of likely N-dealkylation sites (N-methyl/N-ethyl adjacent to an activating group) is 1. The zero-order chi connectivity index (χ0) is 16.6. The van der Waals surface area contributed by atoms with E-state index >= 15 is 0 Å². The molecule has 0 radical (unpaired) electrons. The fraction of sp³-hybridized carbons (Fsp3) is 0.588. The van der Waals surface area contributed by atoms with Gasteiger partial charge < -0.3 is 19.7 Å². The number of ether oxygens (including phenoxy) is 2. The van der Waals surface area contributed by atoms with Gasteiger partial charge in [-0.1, -0.05) is 19.1 Å². The van der Waals surface area contributed by atoms with Crippen molar-refractivity contribution in [3.8, 4) is 5.75 Å². The standard InChI is InChI=1S/C17H28N2O3/c1-6-18-11-12-19(16(20)22-17(2,3)4)13-14-7-9-15(21-5)10-8-14/h7-10,18H,6,11-13H2,1-5H3. The number of benzene rings is 1. The van der Waals surface area contributed by atoms with E-state index in [1.807, 2.05) is 52.0 Å². The first-order valence-electron chi connectivity index (χ1n) is 7.67. The molecule has 0 aliphatic heterocycles. The topological polar surface area (TPSA) is 50.8 Å². The van der Waals surface area contributed by atoms with Crippen LogP contribution in [0.1, 0.15) is 33.3 Å². The Morgan fingerprint density at radius 2 is 1.86 bits per heavy atom. The average Bonchev–Trinajstić information content (AvgIpc) is 2.45. The molecule has 5 heteroatoms. The van der Waals surface area contributed by atoms with Gasteiger partial charge in [0.15, 0.2) is 0 Å². The Labute approximate surface area is 133 Å². The highest BCUT2D eigenvalue weighted by Gasteiger charge is 2.22. The summed E-state index contributed by atoms with van der Waals surface area (Å²) in [5.74, 6) is 0.806. The maximum absolute atomic E-state index is 12.3. The lowest BCUT2D eigenvalue weighted by Crippen LogP contribution is -2.40. The number of carbonyl (C=O) groups excluding carboxylic acids is 1. The number of rotatable bonds is 7. The Bertz CT molecular complexity index is 452. The normalized spacial score (nSPS) is 11.1. The minimum Gasteiger partial charge on any atom is -0.497 e. The smallest absolute Gasteiger partial charge is 0.410 e. The number of amides is 1. The van der Waals surface area contributed by atoms with E-state index in [2.05, 4.69) is 5.32 Å². The summed E-state index contributed by atoms with van der Waals surface area (Å²) in [6, 6.07) is 7.71. The highest BCUT2D eigenvalue weighted by Crippen LogP contribution is 2.15. The van der Waals surface area contributed by atoms with Crippen LogP contribution in [0.2, 0.25) is 0 Å². The first-order chi connectivity index (χ1) is 10.4. The fourth-order valence-electron chi connectivity index (χ4n) is 1.90. The van der Waals surface area contributed by atoms with E-state index in [9.17, 15) is 4.79 Å². The summed E-state index contributed by atoms with van der Waals surface area (Å²) in [5, 5.41) is 3.23. The Morgan fingerprint density at radius 1 is 1.23 bits per heavy atom. The third-order valence-corrected chi connectivity index (χ3v) is 2.99. The molecule has 1 amide bonds. The molecule has 0 aliphatic carbocycles. The van der Waals surface area contributed by atoms with Crippen LogP contribution in [0.15, 0.2) is 24.3 Å². The summed E-state index contributed by atoms with van der Waals surface area (Å²) >= 11 is 0. The molecule has 0 aliphatic rings. The van der Waals surface area contributed by atoms with Gasteiger partial charge in [0.05, 0.1) is 7.11 Å². The number of hydrogen-bond donors (Lipinski definition) is 1. The molecule has 0 aromatic heterocycles. The molecular formula is C17H28N2O3. The van der Waals surface area contributed by atoms with Gasteiger partial charge in [-0.05, 0) is 45.0 Å². The van der Waals surface area contributed by atoms with Crippen molar-refractivity contribution in [1.82, 2.24) is 10.2 Å². The zero-order valence-electron chi connectivity index (χ0n) is 14.3. The van der Waals surface area contributed by atoms with Crippen LogP contribution in [0.25, 0.3) is 0 Å². The van der Waals surface area contributed by atoms with E-state index in [0.717, 1.165) is 24.4 Å². The van der Waals surface area contributed by atoms with Gasteiger partial charge in [-0.2, -0.15) is 0 Å². The highest BCUT2D eigenvalue weighted by molar-refractivity contribution is 5.68. The van der Waals surface area contributed by atoms with E-state index < -0.39 is 5.60 Å². The second-order valence-corrected chi connectivity index (χ2v) is 6.10. The summed E-state index contributed by atoms with van der Waals surface area (Å²) < 4.78 is 10.6. The lowest BCUT2D eigenvalue weighted by Gasteiger charge is -2.27. The molecule has 0 atom stereocenters. The lowest BCUT2D eigenvalue weighted by molar-refractivity contribution is 0.0236. The molecule has 1 aromatic carbocycles. The molecular weight excluding hydrogens is 280 g/mol. The lowest BCUT2D eigenvalue weighted by atomic mass is 10.2. The molecule has 0 saturated carbocycles.